The van der Waals surface area contributed by atoms with E-state index in [0.29, 0.717) is 15.8 Å². The quantitative estimate of drug-likeness (QED) is 0.669. The van der Waals surface area contributed by atoms with E-state index in [1.807, 2.05) is 19.9 Å². The number of ether oxygens (including phenoxy) is 3. The molecule has 2 saturated heterocycles. The number of likely N-dealkylation sites (N-methyl/N-ethyl adjacent to an activating group) is 1. The monoisotopic (exact) mass is 474 g/mol. The van der Waals surface area contributed by atoms with Crippen LogP contribution in [-0.2, 0) is 19.0 Å². The molecule has 2 aliphatic rings. The van der Waals surface area contributed by atoms with E-state index in [1.165, 1.54) is 0 Å². The summed E-state index contributed by atoms with van der Waals surface area (Å²) in [6.07, 6.45) is -0.665. The molecule has 2 fully saturated rings. The number of amides is 1. The molecule has 0 unspecified atom stereocenters. The summed E-state index contributed by atoms with van der Waals surface area (Å²) in [5.74, 6) is -1.05. The Balaban J connectivity index is 1.79. The molecule has 10 heteroatoms. The van der Waals surface area contributed by atoms with Gasteiger partial charge in [-0.1, -0.05) is 0 Å². The van der Waals surface area contributed by atoms with E-state index < -0.39 is 30.3 Å². The summed E-state index contributed by atoms with van der Waals surface area (Å²) in [7, 11) is 1.57. The Morgan fingerprint density at radius 1 is 1.32 bits per heavy atom. The van der Waals surface area contributed by atoms with Gasteiger partial charge in [0, 0.05) is 11.5 Å². The van der Waals surface area contributed by atoms with Crippen LogP contribution in [0.2, 0.25) is 0 Å². The van der Waals surface area contributed by atoms with Crippen molar-refractivity contribution in [2.75, 3.05) is 7.05 Å². The maximum Gasteiger partial charge on any atom is 0.251 e. The molecular weight excluding hydrogens is 460 g/mol. The molecular formula is C15H16Br2N4O4. The summed E-state index contributed by atoms with van der Waals surface area (Å²) in [6, 6.07) is 1.82. The number of halogens is 2. The maximum atomic E-state index is 12.2. The van der Waals surface area contributed by atoms with Crippen molar-refractivity contribution in [1.29, 1.82) is 0 Å². The third kappa shape index (κ3) is 2.80. The van der Waals surface area contributed by atoms with Crippen LogP contribution in [-0.4, -0.2) is 51.6 Å². The number of carbonyl (C=O) groups excluding carboxylic acids is 1. The van der Waals surface area contributed by atoms with Gasteiger partial charge in [0.15, 0.2) is 23.8 Å². The summed E-state index contributed by atoms with van der Waals surface area (Å²) in [5.41, 5.74) is 1.32. The van der Waals surface area contributed by atoms with Gasteiger partial charge < -0.3 is 19.5 Å². The Morgan fingerprint density at radius 2 is 2.04 bits per heavy atom. The van der Waals surface area contributed by atoms with Crippen molar-refractivity contribution in [3.8, 4) is 0 Å². The lowest BCUT2D eigenvalue weighted by molar-refractivity contribution is -0.197. The standard InChI is InChI=1S/C15H16Br2N4O4/c1-15(2)24-9-10(13(22)18-3)23-14(11(9)25-15)21-5-19-8-6(16)4-7(17)20-12(8)21/h4-5,9-11,14H,1-3H3,(H,18,22)/t9-,10+,11-,14-/m1/s1. The van der Waals surface area contributed by atoms with Crippen LogP contribution in [0, 0.1) is 0 Å². The molecule has 2 aliphatic heterocycles. The Labute approximate surface area is 160 Å². The Kier molecular flexibility index (Phi) is 4.15. The topological polar surface area (TPSA) is 87.5 Å². The second-order valence-electron chi connectivity index (χ2n) is 6.38. The lowest BCUT2D eigenvalue weighted by Gasteiger charge is -2.24. The number of pyridine rings is 1. The van der Waals surface area contributed by atoms with E-state index in [1.54, 1.807) is 17.9 Å². The average Bonchev–Trinajstić information content (AvgIpc) is 3.17. The second kappa shape index (κ2) is 5.98. The number of hydrogen-bond donors (Lipinski definition) is 1. The lowest BCUT2D eigenvalue weighted by Crippen LogP contribution is -2.41. The number of aromatic nitrogens is 3. The van der Waals surface area contributed by atoms with Gasteiger partial charge in [0.05, 0.1) is 6.33 Å². The minimum absolute atomic E-state index is 0.251. The molecule has 0 spiro atoms. The average molecular weight is 476 g/mol. The molecule has 8 nitrogen and oxygen atoms in total. The van der Waals surface area contributed by atoms with Crippen LogP contribution in [0.15, 0.2) is 21.5 Å². The predicted molar refractivity (Wildman–Crippen MR) is 94.7 cm³/mol. The zero-order valence-electron chi connectivity index (χ0n) is 13.7. The van der Waals surface area contributed by atoms with E-state index in [2.05, 4.69) is 47.1 Å². The van der Waals surface area contributed by atoms with Gasteiger partial charge in [-0.3, -0.25) is 9.36 Å². The van der Waals surface area contributed by atoms with Crippen molar-refractivity contribution in [1.82, 2.24) is 19.9 Å². The Hall–Kier alpha value is -1.07. The van der Waals surface area contributed by atoms with Gasteiger partial charge in [-0.05, 0) is 51.8 Å². The van der Waals surface area contributed by atoms with Crippen molar-refractivity contribution < 1.29 is 19.0 Å². The number of nitrogens with zero attached hydrogens (tertiary/aromatic N) is 3. The number of nitrogens with one attached hydrogen (secondary N) is 1. The van der Waals surface area contributed by atoms with E-state index in [-0.39, 0.29) is 5.91 Å². The van der Waals surface area contributed by atoms with Gasteiger partial charge >= 0.3 is 0 Å². The molecule has 1 N–H and O–H groups in total. The molecule has 2 aromatic rings. The van der Waals surface area contributed by atoms with Crippen LogP contribution in [0.4, 0.5) is 0 Å². The highest BCUT2D eigenvalue weighted by Crippen LogP contribution is 2.44. The predicted octanol–water partition coefficient (Wildman–Crippen LogP) is 2.12. The summed E-state index contributed by atoms with van der Waals surface area (Å²) in [4.78, 5) is 21.1. The molecule has 134 valence electrons. The van der Waals surface area contributed by atoms with E-state index >= 15 is 0 Å². The van der Waals surface area contributed by atoms with Crippen molar-refractivity contribution in [3.05, 3.63) is 21.5 Å². The maximum absolute atomic E-state index is 12.2. The lowest BCUT2D eigenvalue weighted by atomic mass is 10.1. The molecule has 1 amide bonds. The molecule has 0 bridgehead atoms. The Bertz CT molecular complexity index is 855. The van der Waals surface area contributed by atoms with Gasteiger partial charge in [0.2, 0.25) is 0 Å². The molecule has 4 heterocycles. The number of fused-ring (bicyclic) bond motifs is 2. The molecule has 4 rings (SSSR count). The van der Waals surface area contributed by atoms with Gasteiger partial charge in [-0.15, -0.1) is 0 Å². The first-order valence-corrected chi connectivity index (χ1v) is 9.30. The fourth-order valence-corrected chi connectivity index (χ4v) is 4.48. The van der Waals surface area contributed by atoms with E-state index in [9.17, 15) is 4.79 Å². The van der Waals surface area contributed by atoms with Gasteiger partial charge in [0.25, 0.3) is 5.91 Å². The van der Waals surface area contributed by atoms with E-state index in [0.717, 1.165) is 4.47 Å². The number of rotatable bonds is 2. The van der Waals surface area contributed by atoms with Crippen LogP contribution in [0.25, 0.3) is 11.2 Å². The zero-order chi connectivity index (χ0) is 17.9. The van der Waals surface area contributed by atoms with Crippen LogP contribution >= 0.6 is 31.9 Å². The van der Waals surface area contributed by atoms with Crippen molar-refractivity contribution in [3.63, 3.8) is 0 Å². The molecule has 25 heavy (non-hydrogen) atoms. The minimum atomic E-state index is -0.797. The largest absolute Gasteiger partial charge is 0.357 e. The fourth-order valence-electron chi connectivity index (χ4n) is 3.28. The molecule has 0 radical (unpaired) electrons. The second-order valence-corrected chi connectivity index (χ2v) is 8.04. The van der Waals surface area contributed by atoms with Crippen molar-refractivity contribution in [2.24, 2.45) is 0 Å². The summed E-state index contributed by atoms with van der Waals surface area (Å²) < 4.78 is 21.2. The number of carbonyl (C=O) groups is 1. The number of imidazole rings is 1. The summed E-state index contributed by atoms with van der Waals surface area (Å²) >= 11 is 6.87. The van der Waals surface area contributed by atoms with Gasteiger partial charge in [0.1, 0.15) is 22.3 Å². The van der Waals surface area contributed by atoms with Gasteiger partial charge in [-0.2, -0.15) is 0 Å². The first-order chi connectivity index (χ1) is 11.8. The van der Waals surface area contributed by atoms with Gasteiger partial charge in [-0.25, -0.2) is 9.97 Å². The first kappa shape index (κ1) is 17.3. The highest BCUT2D eigenvalue weighted by molar-refractivity contribution is 9.11. The third-order valence-electron chi connectivity index (χ3n) is 4.26. The Morgan fingerprint density at radius 3 is 2.76 bits per heavy atom. The molecule has 0 saturated carbocycles. The first-order valence-electron chi connectivity index (χ1n) is 7.72. The molecule has 0 aliphatic carbocycles. The third-order valence-corrected chi connectivity index (χ3v) is 5.27. The van der Waals surface area contributed by atoms with Crippen LogP contribution < -0.4 is 5.32 Å². The van der Waals surface area contributed by atoms with Crippen molar-refractivity contribution in [2.45, 2.75) is 44.2 Å². The summed E-state index contributed by atoms with van der Waals surface area (Å²) in [5, 5.41) is 2.61. The molecule has 2 aromatic heterocycles. The zero-order valence-corrected chi connectivity index (χ0v) is 16.9. The number of hydrogen-bond acceptors (Lipinski definition) is 6. The highest BCUT2D eigenvalue weighted by atomic mass is 79.9. The summed E-state index contributed by atoms with van der Waals surface area (Å²) in [6.45, 7) is 3.64. The van der Waals surface area contributed by atoms with Crippen LogP contribution in [0.1, 0.15) is 20.1 Å². The SMILES string of the molecule is CNC(=O)[C@H]1O[C@@H](n2cnc3c(Br)cc(Br)nc32)[C@@H]2OC(C)(C)O[C@@H]21. The smallest absolute Gasteiger partial charge is 0.251 e. The van der Waals surface area contributed by atoms with E-state index in [4.69, 9.17) is 14.2 Å². The van der Waals surface area contributed by atoms with Crippen LogP contribution in [0.5, 0.6) is 0 Å². The van der Waals surface area contributed by atoms with Crippen molar-refractivity contribution >= 4 is 48.9 Å². The van der Waals surface area contributed by atoms with Crippen LogP contribution in [0.3, 0.4) is 0 Å². The molecule has 0 aromatic carbocycles. The highest BCUT2D eigenvalue weighted by Gasteiger charge is 2.58. The molecule has 4 atom stereocenters. The normalized spacial score (nSPS) is 30.6. The minimum Gasteiger partial charge on any atom is -0.357 e. The fraction of sp³-hybridized carbons (Fsp3) is 0.533.